The van der Waals surface area contributed by atoms with E-state index in [4.69, 9.17) is 0 Å². The van der Waals surface area contributed by atoms with Crippen LogP contribution >= 0.6 is 0 Å². The van der Waals surface area contributed by atoms with Gasteiger partial charge in [0.1, 0.15) is 0 Å². The van der Waals surface area contributed by atoms with Crippen molar-refractivity contribution in [3.05, 3.63) is 66.6 Å². The summed E-state index contributed by atoms with van der Waals surface area (Å²) in [5.41, 5.74) is 4.43. The van der Waals surface area contributed by atoms with Crippen LogP contribution in [0.1, 0.15) is 22.5 Å². The van der Waals surface area contributed by atoms with E-state index >= 15 is 0 Å². The van der Waals surface area contributed by atoms with Gasteiger partial charge in [-0.1, -0.05) is 56.2 Å². The Morgan fingerprint density at radius 1 is 0.938 bits per heavy atom. The van der Waals surface area contributed by atoms with Crippen molar-refractivity contribution >= 4 is 18.2 Å². The normalized spacial score (nSPS) is 11.1. The summed E-state index contributed by atoms with van der Waals surface area (Å²) in [5.74, 6) is 0. The number of hydrogen-bond donors (Lipinski definition) is 1. The molecule has 1 heterocycles. The number of nitrogens with one attached hydrogen (secondary N) is 1. The number of aromatic amines is 1. The fourth-order valence-corrected chi connectivity index (χ4v) is 1.58. The minimum absolute atomic E-state index is 1.05. The molecule has 1 aromatic heterocycles. The Hall–Kier alpha value is -2.02. The van der Waals surface area contributed by atoms with Gasteiger partial charge < -0.3 is 4.98 Å². The summed E-state index contributed by atoms with van der Waals surface area (Å²) in [6.07, 6.45) is 13.2. The van der Waals surface area contributed by atoms with Gasteiger partial charge in [-0.15, -0.1) is 0 Å². The van der Waals surface area contributed by atoms with E-state index < -0.39 is 0 Å². The van der Waals surface area contributed by atoms with Crippen molar-refractivity contribution in [1.29, 1.82) is 0 Å². The highest BCUT2D eigenvalue weighted by atomic mass is 14.7. The van der Waals surface area contributed by atoms with Gasteiger partial charge in [-0.3, -0.25) is 0 Å². The predicted molar refractivity (Wildman–Crippen MR) is 74.1 cm³/mol. The van der Waals surface area contributed by atoms with Crippen molar-refractivity contribution < 1.29 is 0 Å². The molecule has 1 aromatic rings. The molecule has 0 fully saturated rings. The Morgan fingerprint density at radius 3 is 2.12 bits per heavy atom. The molecule has 0 aromatic carbocycles. The lowest BCUT2D eigenvalue weighted by Crippen LogP contribution is -1.77. The molecule has 1 rings (SSSR count). The molecule has 0 spiro atoms. The van der Waals surface area contributed by atoms with Gasteiger partial charge in [-0.25, -0.2) is 0 Å². The standard InChI is InChI=1S/C15H17N/c1-5-8-10-14-12(4)16-15(11-9-6-2)13(14)7-3/h5-11,16H,1-3H2,4H3/b10-8-,11-9-. The molecule has 0 atom stereocenters. The van der Waals surface area contributed by atoms with E-state index in [-0.39, 0.29) is 0 Å². The topological polar surface area (TPSA) is 15.8 Å². The number of H-pyrrole nitrogens is 1. The Kier molecular flexibility index (Phi) is 4.34. The molecule has 0 amide bonds. The Morgan fingerprint density at radius 2 is 1.56 bits per heavy atom. The van der Waals surface area contributed by atoms with Gasteiger partial charge in [0, 0.05) is 22.5 Å². The number of hydrogen-bond acceptors (Lipinski definition) is 0. The highest BCUT2D eigenvalue weighted by molar-refractivity contribution is 5.74. The van der Waals surface area contributed by atoms with Gasteiger partial charge in [0.2, 0.25) is 0 Å². The van der Waals surface area contributed by atoms with Crippen LogP contribution in [0, 0.1) is 6.92 Å². The second kappa shape index (κ2) is 5.76. The van der Waals surface area contributed by atoms with E-state index in [2.05, 4.69) is 24.7 Å². The first kappa shape index (κ1) is 12.1. The minimum atomic E-state index is 1.05. The van der Waals surface area contributed by atoms with Gasteiger partial charge >= 0.3 is 0 Å². The molecule has 0 aliphatic heterocycles. The van der Waals surface area contributed by atoms with Gasteiger partial charge in [0.25, 0.3) is 0 Å². The summed E-state index contributed by atoms with van der Waals surface area (Å²) in [6.45, 7) is 13.2. The zero-order valence-corrected chi connectivity index (χ0v) is 9.66. The molecule has 1 nitrogen and oxygen atoms in total. The van der Waals surface area contributed by atoms with Crippen molar-refractivity contribution in [2.24, 2.45) is 0 Å². The Balaban J connectivity index is 3.27. The van der Waals surface area contributed by atoms with Crippen LogP contribution in [0.15, 0.2) is 44.0 Å². The number of allylic oxidation sites excluding steroid dienone is 4. The predicted octanol–water partition coefficient (Wildman–Crippen LogP) is 4.36. The Bertz CT molecular complexity index is 456. The first-order chi connectivity index (χ1) is 7.74. The molecule has 0 saturated heterocycles. The van der Waals surface area contributed by atoms with Crippen molar-refractivity contribution in [3.63, 3.8) is 0 Å². The lowest BCUT2D eigenvalue weighted by atomic mass is 10.1. The molecule has 0 unspecified atom stereocenters. The summed E-state index contributed by atoms with van der Waals surface area (Å²) in [4.78, 5) is 3.32. The zero-order valence-electron chi connectivity index (χ0n) is 9.66. The highest BCUT2D eigenvalue weighted by Crippen LogP contribution is 2.22. The quantitative estimate of drug-likeness (QED) is 0.696. The van der Waals surface area contributed by atoms with Crippen LogP contribution in [0.5, 0.6) is 0 Å². The Labute approximate surface area is 97.2 Å². The molecule has 0 radical (unpaired) electrons. The molecule has 16 heavy (non-hydrogen) atoms. The van der Waals surface area contributed by atoms with Crippen LogP contribution < -0.4 is 0 Å². The van der Waals surface area contributed by atoms with Crippen LogP contribution in [0.25, 0.3) is 18.2 Å². The molecular formula is C15H17N. The summed E-state index contributed by atoms with van der Waals surface area (Å²) >= 11 is 0. The minimum Gasteiger partial charge on any atom is -0.358 e. The maximum absolute atomic E-state index is 3.84. The van der Waals surface area contributed by atoms with Gasteiger partial charge in [0.05, 0.1) is 0 Å². The largest absolute Gasteiger partial charge is 0.358 e. The smallest absolute Gasteiger partial charge is 0.0462 e. The lowest BCUT2D eigenvalue weighted by Gasteiger charge is -1.94. The van der Waals surface area contributed by atoms with Crippen LogP contribution in [0.4, 0.5) is 0 Å². The van der Waals surface area contributed by atoms with Crippen LogP contribution in [-0.4, -0.2) is 4.98 Å². The van der Waals surface area contributed by atoms with Crippen molar-refractivity contribution in [3.8, 4) is 0 Å². The second-order valence-electron chi connectivity index (χ2n) is 3.38. The molecule has 0 saturated carbocycles. The second-order valence-corrected chi connectivity index (χ2v) is 3.38. The summed E-state index contributed by atoms with van der Waals surface area (Å²) < 4.78 is 0. The van der Waals surface area contributed by atoms with Gasteiger partial charge in [-0.05, 0) is 13.0 Å². The van der Waals surface area contributed by atoms with Crippen LogP contribution in [-0.2, 0) is 0 Å². The number of aryl methyl sites for hydroxylation is 1. The average Bonchev–Trinajstić information content (AvgIpc) is 2.59. The first-order valence-electron chi connectivity index (χ1n) is 5.17. The van der Waals surface area contributed by atoms with E-state index in [1.807, 2.05) is 37.3 Å². The van der Waals surface area contributed by atoms with Crippen LogP contribution in [0.3, 0.4) is 0 Å². The van der Waals surface area contributed by atoms with Crippen LogP contribution in [0.2, 0.25) is 0 Å². The lowest BCUT2D eigenvalue weighted by molar-refractivity contribution is 1.24. The van der Waals surface area contributed by atoms with E-state index in [9.17, 15) is 0 Å². The van der Waals surface area contributed by atoms with Gasteiger partial charge in [-0.2, -0.15) is 0 Å². The van der Waals surface area contributed by atoms with E-state index in [1.54, 1.807) is 12.2 Å². The third-order valence-corrected chi connectivity index (χ3v) is 2.31. The monoisotopic (exact) mass is 211 g/mol. The molecule has 0 bridgehead atoms. The maximum atomic E-state index is 3.84. The summed E-state index contributed by atoms with van der Waals surface area (Å²) in [7, 11) is 0. The fraction of sp³-hybridized carbons (Fsp3) is 0.0667. The number of aromatic nitrogens is 1. The highest BCUT2D eigenvalue weighted by Gasteiger charge is 2.07. The van der Waals surface area contributed by atoms with Gasteiger partial charge in [0.15, 0.2) is 0 Å². The third-order valence-electron chi connectivity index (χ3n) is 2.31. The van der Waals surface area contributed by atoms with E-state index in [0.717, 1.165) is 22.5 Å². The number of rotatable bonds is 5. The van der Waals surface area contributed by atoms with E-state index in [0.29, 0.717) is 0 Å². The SMILES string of the molecule is C=C/C=C\c1[nH]c(C)c(/C=C\C=C)c1C=C. The molecule has 1 N–H and O–H groups in total. The third kappa shape index (κ3) is 2.51. The molecule has 0 aliphatic rings. The van der Waals surface area contributed by atoms with E-state index in [1.165, 1.54) is 0 Å². The zero-order chi connectivity index (χ0) is 12.0. The fourth-order valence-electron chi connectivity index (χ4n) is 1.58. The average molecular weight is 211 g/mol. The molecule has 0 aliphatic carbocycles. The van der Waals surface area contributed by atoms with Crippen molar-refractivity contribution in [2.75, 3.05) is 0 Å². The molecular weight excluding hydrogens is 194 g/mol. The first-order valence-corrected chi connectivity index (χ1v) is 5.17. The van der Waals surface area contributed by atoms with Crippen molar-refractivity contribution in [1.82, 2.24) is 4.98 Å². The van der Waals surface area contributed by atoms with Crippen molar-refractivity contribution in [2.45, 2.75) is 6.92 Å². The molecule has 82 valence electrons. The summed E-state index contributed by atoms with van der Waals surface area (Å²) in [6, 6.07) is 0. The summed E-state index contributed by atoms with van der Waals surface area (Å²) in [5, 5.41) is 0. The molecule has 1 heteroatoms. The maximum Gasteiger partial charge on any atom is 0.0462 e.